The number of rotatable bonds is 5. The summed E-state index contributed by atoms with van der Waals surface area (Å²) in [6.45, 7) is 0.469. The van der Waals surface area contributed by atoms with Crippen LogP contribution in [0.5, 0.6) is 0 Å². The zero-order chi connectivity index (χ0) is 15.1. The lowest BCUT2D eigenvalue weighted by molar-refractivity contribution is 0.0947. The molecule has 0 radical (unpaired) electrons. The van der Waals surface area contributed by atoms with Crippen molar-refractivity contribution in [3.63, 3.8) is 0 Å². The highest BCUT2D eigenvalue weighted by atomic mass is 16.1. The van der Waals surface area contributed by atoms with Crippen molar-refractivity contribution in [1.29, 1.82) is 5.26 Å². The lowest BCUT2D eigenvalue weighted by Crippen LogP contribution is -2.27. The fourth-order valence-electron chi connectivity index (χ4n) is 1.89. The van der Waals surface area contributed by atoms with Gasteiger partial charge in [0.2, 0.25) is 0 Å². The summed E-state index contributed by atoms with van der Waals surface area (Å²) in [6, 6.07) is 14.7. The Hall–Kier alpha value is -2.71. The Bertz CT molecular complexity index is 632. The first-order valence-electron chi connectivity index (χ1n) is 6.65. The van der Waals surface area contributed by atoms with Crippen LogP contribution >= 0.6 is 0 Å². The highest BCUT2D eigenvalue weighted by Crippen LogP contribution is 2.12. The zero-order valence-electron chi connectivity index (χ0n) is 11.5. The Labute approximate surface area is 123 Å². The Morgan fingerprint density at radius 2 is 2.05 bits per heavy atom. The van der Waals surface area contributed by atoms with E-state index in [1.807, 2.05) is 36.4 Å². The smallest absolute Gasteiger partial charge is 0.269 e. The minimum absolute atomic E-state index is 0.111. The lowest BCUT2D eigenvalue weighted by atomic mass is 10.1. The van der Waals surface area contributed by atoms with Gasteiger partial charge in [0.15, 0.2) is 0 Å². The number of hydrogen-bond donors (Lipinski definition) is 2. The second-order valence-electron chi connectivity index (χ2n) is 4.61. The number of pyridine rings is 1. The number of nitriles is 1. The summed E-state index contributed by atoms with van der Waals surface area (Å²) in [5, 5.41) is 11.4. The van der Waals surface area contributed by atoms with Gasteiger partial charge in [-0.15, -0.1) is 0 Å². The van der Waals surface area contributed by atoms with E-state index < -0.39 is 0 Å². The van der Waals surface area contributed by atoms with Gasteiger partial charge in [0.1, 0.15) is 11.8 Å². The van der Waals surface area contributed by atoms with E-state index in [0.717, 1.165) is 5.56 Å². The molecule has 106 valence electrons. The number of benzene rings is 1. The second kappa shape index (κ2) is 7.17. The van der Waals surface area contributed by atoms with Crippen LogP contribution in [0.1, 0.15) is 34.1 Å². The molecular formula is C16H16N4O. The number of carbonyl (C=O) groups excluding carboxylic acids is 1. The van der Waals surface area contributed by atoms with Gasteiger partial charge in [-0.3, -0.25) is 4.79 Å². The minimum atomic E-state index is -0.264. The van der Waals surface area contributed by atoms with Crippen molar-refractivity contribution in [3.05, 3.63) is 65.5 Å². The van der Waals surface area contributed by atoms with Crippen molar-refractivity contribution in [3.8, 4) is 6.07 Å². The van der Waals surface area contributed by atoms with Crippen molar-refractivity contribution >= 4 is 5.91 Å². The predicted molar refractivity (Wildman–Crippen MR) is 79.3 cm³/mol. The SMILES string of the molecule is N#Cc1ccc(C(=O)NCCC(N)c2ccccc2)nc1. The molecule has 0 saturated carbocycles. The summed E-state index contributed by atoms with van der Waals surface area (Å²) < 4.78 is 0. The molecule has 1 atom stereocenters. The van der Waals surface area contributed by atoms with Gasteiger partial charge in [-0.1, -0.05) is 30.3 Å². The molecule has 0 fully saturated rings. The molecule has 5 nitrogen and oxygen atoms in total. The van der Waals surface area contributed by atoms with E-state index in [0.29, 0.717) is 24.2 Å². The molecule has 2 aromatic rings. The monoisotopic (exact) mass is 280 g/mol. The van der Waals surface area contributed by atoms with Crippen LogP contribution in [-0.2, 0) is 0 Å². The number of amides is 1. The first-order chi connectivity index (χ1) is 10.2. The maximum atomic E-state index is 11.9. The average Bonchev–Trinajstić information content (AvgIpc) is 2.55. The molecule has 1 aromatic heterocycles. The Morgan fingerprint density at radius 1 is 1.29 bits per heavy atom. The topological polar surface area (TPSA) is 91.8 Å². The van der Waals surface area contributed by atoms with E-state index in [2.05, 4.69) is 10.3 Å². The first-order valence-corrected chi connectivity index (χ1v) is 6.65. The summed E-state index contributed by atoms with van der Waals surface area (Å²) >= 11 is 0. The fraction of sp³-hybridized carbons (Fsp3) is 0.188. The third-order valence-corrected chi connectivity index (χ3v) is 3.09. The van der Waals surface area contributed by atoms with Crippen molar-refractivity contribution in [2.75, 3.05) is 6.54 Å². The highest BCUT2D eigenvalue weighted by molar-refractivity contribution is 5.92. The van der Waals surface area contributed by atoms with E-state index in [1.165, 1.54) is 12.3 Å². The molecule has 5 heteroatoms. The van der Waals surface area contributed by atoms with Gasteiger partial charge in [-0.05, 0) is 24.1 Å². The third-order valence-electron chi connectivity index (χ3n) is 3.09. The van der Waals surface area contributed by atoms with Gasteiger partial charge in [-0.25, -0.2) is 4.98 Å². The number of hydrogen-bond acceptors (Lipinski definition) is 4. The fourth-order valence-corrected chi connectivity index (χ4v) is 1.89. The van der Waals surface area contributed by atoms with E-state index in [1.54, 1.807) is 6.07 Å². The molecule has 0 aliphatic rings. The van der Waals surface area contributed by atoms with Crippen molar-refractivity contribution in [2.24, 2.45) is 5.73 Å². The molecule has 1 amide bonds. The lowest BCUT2D eigenvalue weighted by Gasteiger charge is -2.12. The van der Waals surface area contributed by atoms with Crippen LogP contribution in [-0.4, -0.2) is 17.4 Å². The van der Waals surface area contributed by atoms with Crippen LogP contribution in [0.2, 0.25) is 0 Å². The van der Waals surface area contributed by atoms with E-state index >= 15 is 0 Å². The molecule has 0 bridgehead atoms. The Morgan fingerprint density at radius 3 is 2.67 bits per heavy atom. The Kier molecular flexibility index (Phi) is 5.02. The van der Waals surface area contributed by atoms with E-state index in [-0.39, 0.29) is 11.9 Å². The molecular weight excluding hydrogens is 264 g/mol. The summed E-state index contributed by atoms with van der Waals surface area (Å²) in [5.41, 5.74) is 7.82. The molecule has 3 N–H and O–H groups in total. The predicted octanol–water partition coefficient (Wildman–Crippen LogP) is 1.77. The summed E-state index contributed by atoms with van der Waals surface area (Å²) in [7, 11) is 0. The summed E-state index contributed by atoms with van der Waals surface area (Å²) in [5.74, 6) is -0.264. The van der Waals surface area contributed by atoms with Crippen molar-refractivity contribution in [1.82, 2.24) is 10.3 Å². The number of carbonyl (C=O) groups is 1. The minimum Gasteiger partial charge on any atom is -0.351 e. The van der Waals surface area contributed by atoms with E-state index in [9.17, 15) is 4.79 Å². The molecule has 1 heterocycles. The molecule has 1 unspecified atom stereocenters. The summed E-state index contributed by atoms with van der Waals surface area (Å²) in [4.78, 5) is 15.8. The maximum absolute atomic E-state index is 11.9. The molecule has 0 aliphatic carbocycles. The van der Waals surface area contributed by atoms with Crippen molar-refractivity contribution < 1.29 is 4.79 Å². The van der Waals surface area contributed by atoms with Gasteiger partial charge in [0.25, 0.3) is 5.91 Å². The molecule has 21 heavy (non-hydrogen) atoms. The Balaban J connectivity index is 1.83. The molecule has 2 rings (SSSR count). The highest BCUT2D eigenvalue weighted by Gasteiger charge is 2.09. The van der Waals surface area contributed by atoms with Crippen LogP contribution in [0.4, 0.5) is 0 Å². The van der Waals surface area contributed by atoms with Gasteiger partial charge in [-0.2, -0.15) is 5.26 Å². The van der Waals surface area contributed by atoms with Crippen LogP contribution in [0.25, 0.3) is 0 Å². The molecule has 0 aliphatic heterocycles. The summed E-state index contributed by atoms with van der Waals surface area (Å²) in [6.07, 6.45) is 2.02. The molecule has 1 aromatic carbocycles. The number of nitrogens with zero attached hydrogens (tertiary/aromatic N) is 2. The average molecular weight is 280 g/mol. The van der Waals surface area contributed by atoms with E-state index in [4.69, 9.17) is 11.0 Å². The van der Waals surface area contributed by atoms with Crippen LogP contribution < -0.4 is 11.1 Å². The van der Waals surface area contributed by atoms with Crippen molar-refractivity contribution in [2.45, 2.75) is 12.5 Å². The number of nitrogens with one attached hydrogen (secondary N) is 1. The second-order valence-corrected chi connectivity index (χ2v) is 4.61. The quantitative estimate of drug-likeness (QED) is 0.873. The standard InChI is InChI=1S/C16H16N4O/c17-10-12-6-7-15(20-11-12)16(21)19-9-8-14(18)13-4-2-1-3-5-13/h1-7,11,14H,8-9,18H2,(H,19,21). The van der Waals surface area contributed by atoms with Gasteiger partial charge in [0.05, 0.1) is 5.56 Å². The normalized spacial score (nSPS) is 11.4. The van der Waals surface area contributed by atoms with Crippen LogP contribution in [0.3, 0.4) is 0 Å². The van der Waals surface area contributed by atoms with Crippen LogP contribution in [0.15, 0.2) is 48.7 Å². The number of aromatic nitrogens is 1. The van der Waals surface area contributed by atoms with Gasteiger partial charge >= 0.3 is 0 Å². The first kappa shape index (κ1) is 14.7. The molecule has 0 spiro atoms. The number of nitrogens with two attached hydrogens (primary N) is 1. The van der Waals surface area contributed by atoms with Gasteiger partial charge < -0.3 is 11.1 Å². The van der Waals surface area contributed by atoms with Gasteiger partial charge in [0, 0.05) is 18.8 Å². The van der Waals surface area contributed by atoms with Crippen LogP contribution in [0, 0.1) is 11.3 Å². The third kappa shape index (κ3) is 4.13. The maximum Gasteiger partial charge on any atom is 0.269 e. The largest absolute Gasteiger partial charge is 0.351 e. The zero-order valence-corrected chi connectivity index (χ0v) is 11.5. The molecule has 0 saturated heterocycles.